The highest BCUT2D eigenvalue weighted by atomic mass is 32.2. The van der Waals surface area contributed by atoms with Crippen molar-refractivity contribution in [3.8, 4) is 6.01 Å². The lowest BCUT2D eigenvalue weighted by molar-refractivity contribution is -0.140. The quantitative estimate of drug-likeness (QED) is 0.202. The first kappa shape index (κ1) is 38.6. The number of ether oxygens (including phenoxy) is 1. The number of para-hydroxylation sites is 2. The summed E-state index contributed by atoms with van der Waals surface area (Å²) >= 11 is 0. The molecule has 2 aliphatic heterocycles. The van der Waals surface area contributed by atoms with E-state index in [4.69, 9.17) is 4.74 Å². The third-order valence-corrected chi connectivity index (χ3v) is 13.4. The Morgan fingerprint density at radius 2 is 1.87 bits per heavy atom. The Labute approximate surface area is 316 Å². The first-order valence-electron chi connectivity index (χ1n) is 18.7. The molecule has 2 aromatic carbocycles. The molecule has 3 aromatic rings. The van der Waals surface area contributed by atoms with Gasteiger partial charge in [0.25, 0.3) is 11.9 Å². The molecule has 7 rings (SSSR count). The van der Waals surface area contributed by atoms with Gasteiger partial charge in [0.2, 0.25) is 21.8 Å². The fourth-order valence-corrected chi connectivity index (χ4v) is 8.89. The van der Waals surface area contributed by atoms with Gasteiger partial charge in [-0.1, -0.05) is 37.1 Å². The lowest BCUT2D eigenvalue weighted by Gasteiger charge is -2.30. The van der Waals surface area contributed by atoms with Crippen LogP contribution >= 0.6 is 0 Å². The van der Waals surface area contributed by atoms with Gasteiger partial charge in [-0.25, -0.2) is 12.8 Å². The molecule has 1 saturated heterocycles. The van der Waals surface area contributed by atoms with Crippen molar-refractivity contribution in [2.24, 2.45) is 5.92 Å². The number of fused-ring (bicyclic) bond motifs is 3. The van der Waals surface area contributed by atoms with Gasteiger partial charge < -0.3 is 20.3 Å². The van der Waals surface area contributed by atoms with E-state index in [0.717, 1.165) is 17.6 Å². The van der Waals surface area contributed by atoms with Crippen molar-refractivity contribution in [3.63, 3.8) is 0 Å². The minimum atomic E-state index is -4.84. The molecular weight excluding hydrogens is 745 g/mol. The molecule has 55 heavy (non-hydrogen) atoms. The Balaban J connectivity index is 1.22. The number of allylic oxidation sites excluding steroid dienone is 1. The van der Waals surface area contributed by atoms with E-state index in [1.807, 2.05) is 41.8 Å². The van der Waals surface area contributed by atoms with Crippen LogP contribution in [0.4, 0.5) is 23.2 Å². The standard InChI is InChI=1S/C38H44F4N6O6S/c1-3-47-30-14-10-9-12-28(30)44-35(47)54-27-20-31-32(49)45-37(34(51)46-55(52,53)36(2)15-16-36)21-23(37)11-7-5-4-6-8-13-29(33(50)48(31)22-27)43-26-18-24(38(40,41)42)17-25(39)19-26/h7,9-12,14,17-19,23,27,29,31,43H,3-6,8,13,15-16,20-22H2,1-2H3,(H,45,49)(H,46,51)/t23-,27-,29+,31+,37-/m1/s1. The molecule has 1 aromatic heterocycles. The van der Waals surface area contributed by atoms with Gasteiger partial charge in [-0.05, 0) is 82.7 Å². The number of benzene rings is 2. The van der Waals surface area contributed by atoms with E-state index in [9.17, 15) is 40.4 Å². The lowest BCUT2D eigenvalue weighted by atomic mass is 10.0. The van der Waals surface area contributed by atoms with Gasteiger partial charge in [0.1, 0.15) is 29.5 Å². The van der Waals surface area contributed by atoms with Crippen molar-refractivity contribution in [3.05, 3.63) is 66.0 Å². The van der Waals surface area contributed by atoms with Gasteiger partial charge >= 0.3 is 6.18 Å². The van der Waals surface area contributed by atoms with E-state index in [1.165, 1.54) is 4.90 Å². The molecule has 3 fully saturated rings. The van der Waals surface area contributed by atoms with E-state index in [-0.39, 0.29) is 37.5 Å². The van der Waals surface area contributed by atoms with Gasteiger partial charge in [0, 0.05) is 24.6 Å². The average Bonchev–Trinajstić information content (AvgIpc) is 3.95. The third-order valence-electron chi connectivity index (χ3n) is 11.2. The summed E-state index contributed by atoms with van der Waals surface area (Å²) in [6.07, 6.45) is 1.51. The Hall–Kier alpha value is -4.67. The monoisotopic (exact) mass is 788 g/mol. The minimum Gasteiger partial charge on any atom is -0.459 e. The van der Waals surface area contributed by atoms with Gasteiger partial charge in [-0.15, -0.1) is 0 Å². The van der Waals surface area contributed by atoms with Crippen LogP contribution in [0.1, 0.15) is 77.2 Å². The SMILES string of the molecule is CCn1c(O[C@@H]2C[C@H]3C(=O)N[C@]4(C(=O)NS(=O)(=O)C5(C)CC5)C[C@H]4C=CCCCCC[C@H](Nc4cc(F)cc(C(F)(F)F)c4)C(=O)N3C2)nc2ccccc21. The van der Waals surface area contributed by atoms with E-state index in [0.29, 0.717) is 56.7 Å². The van der Waals surface area contributed by atoms with Crippen LogP contribution in [0, 0.1) is 11.7 Å². The number of aryl methyl sites for hydroxylation is 1. The summed E-state index contributed by atoms with van der Waals surface area (Å²) in [7, 11) is -4.04. The number of carbonyl (C=O) groups excluding carboxylic acids is 3. The number of anilines is 1. The Morgan fingerprint density at radius 1 is 1.11 bits per heavy atom. The van der Waals surface area contributed by atoms with Gasteiger partial charge in [-0.2, -0.15) is 18.2 Å². The zero-order chi connectivity index (χ0) is 39.3. The number of halogens is 4. The smallest absolute Gasteiger partial charge is 0.416 e. The summed E-state index contributed by atoms with van der Waals surface area (Å²) in [6, 6.07) is 7.27. The second kappa shape index (κ2) is 14.4. The second-order valence-corrected chi connectivity index (χ2v) is 17.5. The van der Waals surface area contributed by atoms with Crippen LogP contribution in [0.2, 0.25) is 0 Å². The van der Waals surface area contributed by atoms with Crippen molar-refractivity contribution < 1.29 is 45.1 Å². The maximum absolute atomic E-state index is 14.6. The number of sulfonamides is 1. The number of carbonyl (C=O) groups is 3. The number of hydrogen-bond donors (Lipinski definition) is 3. The highest BCUT2D eigenvalue weighted by Gasteiger charge is 2.63. The summed E-state index contributed by atoms with van der Waals surface area (Å²) in [5, 5.41) is 5.64. The number of nitrogens with one attached hydrogen (secondary N) is 3. The minimum absolute atomic E-state index is 0.0377. The molecule has 3 N–H and O–H groups in total. The van der Waals surface area contributed by atoms with Crippen molar-refractivity contribution in [2.75, 3.05) is 11.9 Å². The molecule has 2 aliphatic carbocycles. The number of rotatable bonds is 8. The summed E-state index contributed by atoms with van der Waals surface area (Å²) in [6.45, 7) is 3.85. The Kier molecular flexibility index (Phi) is 10.1. The zero-order valence-electron chi connectivity index (χ0n) is 30.5. The lowest BCUT2D eigenvalue weighted by Crippen LogP contribution is -2.58. The predicted octanol–water partition coefficient (Wildman–Crippen LogP) is 5.44. The van der Waals surface area contributed by atoms with E-state index >= 15 is 0 Å². The highest BCUT2D eigenvalue weighted by Crippen LogP contribution is 2.47. The largest absolute Gasteiger partial charge is 0.459 e. The maximum Gasteiger partial charge on any atom is 0.416 e. The molecule has 296 valence electrons. The molecule has 12 nitrogen and oxygen atoms in total. The van der Waals surface area contributed by atoms with Crippen molar-refractivity contribution in [1.82, 2.24) is 24.5 Å². The van der Waals surface area contributed by atoms with Crippen LogP contribution in [0.3, 0.4) is 0 Å². The highest BCUT2D eigenvalue weighted by molar-refractivity contribution is 7.91. The molecule has 4 aliphatic rings. The predicted molar refractivity (Wildman–Crippen MR) is 195 cm³/mol. The Morgan fingerprint density at radius 3 is 2.60 bits per heavy atom. The number of aromatic nitrogens is 2. The van der Waals surface area contributed by atoms with E-state index < -0.39 is 79.7 Å². The number of alkyl halides is 3. The van der Waals surface area contributed by atoms with Crippen LogP contribution in [-0.2, 0) is 37.1 Å². The molecule has 3 heterocycles. The third kappa shape index (κ3) is 7.76. The maximum atomic E-state index is 14.6. The first-order chi connectivity index (χ1) is 26.0. The Bertz CT molecular complexity index is 2140. The molecular formula is C38H44F4N6O6S. The normalized spacial score (nSPS) is 27.0. The van der Waals surface area contributed by atoms with Crippen molar-refractivity contribution in [1.29, 1.82) is 0 Å². The van der Waals surface area contributed by atoms with Crippen LogP contribution in [-0.4, -0.2) is 75.6 Å². The van der Waals surface area contributed by atoms with Crippen LogP contribution in [0.25, 0.3) is 11.0 Å². The van der Waals surface area contributed by atoms with Crippen molar-refractivity contribution in [2.45, 2.75) is 113 Å². The van der Waals surface area contributed by atoms with Gasteiger partial charge in [0.15, 0.2) is 0 Å². The molecule has 0 radical (unpaired) electrons. The summed E-state index contributed by atoms with van der Waals surface area (Å²) in [5.41, 5.74) is -1.58. The van der Waals surface area contributed by atoms with Crippen LogP contribution in [0.15, 0.2) is 54.6 Å². The average molecular weight is 789 g/mol. The van der Waals surface area contributed by atoms with Gasteiger partial charge in [-0.3, -0.25) is 23.7 Å². The number of amides is 3. The fraction of sp³-hybridized carbons (Fsp3) is 0.526. The number of hydrogen-bond acceptors (Lipinski definition) is 8. The molecule has 2 saturated carbocycles. The summed E-state index contributed by atoms with van der Waals surface area (Å²) in [5.74, 6) is -3.85. The topological polar surface area (TPSA) is 152 Å². The molecule has 0 spiro atoms. The number of imidazole rings is 1. The molecule has 0 bridgehead atoms. The van der Waals surface area contributed by atoms with E-state index in [2.05, 4.69) is 20.3 Å². The molecule has 3 amide bonds. The molecule has 5 atom stereocenters. The van der Waals surface area contributed by atoms with E-state index in [1.54, 1.807) is 13.0 Å². The van der Waals surface area contributed by atoms with Crippen LogP contribution < -0.4 is 20.1 Å². The fourth-order valence-electron chi connectivity index (χ4n) is 7.58. The molecule has 17 heteroatoms. The summed E-state index contributed by atoms with van der Waals surface area (Å²) < 4.78 is 91.0. The molecule has 0 unspecified atom stereocenters. The first-order valence-corrected chi connectivity index (χ1v) is 20.1. The summed E-state index contributed by atoms with van der Waals surface area (Å²) in [4.78, 5) is 48.7. The number of nitrogens with zero attached hydrogens (tertiary/aromatic N) is 3. The van der Waals surface area contributed by atoms with Crippen LogP contribution in [0.5, 0.6) is 6.01 Å². The van der Waals surface area contributed by atoms with Gasteiger partial charge in [0.05, 0.1) is 27.9 Å². The zero-order valence-corrected chi connectivity index (χ0v) is 31.3. The second-order valence-electron chi connectivity index (χ2n) is 15.3. The van der Waals surface area contributed by atoms with Crippen molar-refractivity contribution >= 4 is 44.5 Å².